The van der Waals surface area contributed by atoms with Gasteiger partial charge in [-0.15, -0.1) is 0 Å². The van der Waals surface area contributed by atoms with Crippen molar-refractivity contribution in [1.29, 1.82) is 0 Å². The smallest absolute Gasteiger partial charge is 0.255 e. The second-order valence-electron chi connectivity index (χ2n) is 5.99. The Morgan fingerprint density at radius 1 is 1.16 bits per heavy atom. The van der Waals surface area contributed by atoms with Crippen LogP contribution in [0.15, 0.2) is 42.5 Å². The predicted molar refractivity (Wildman–Crippen MR) is 99.8 cm³/mol. The van der Waals surface area contributed by atoms with Crippen LogP contribution in [0.1, 0.15) is 22.8 Å². The minimum atomic E-state index is -0.120. The lowest BCUT2D eigenvalue weighted by Crippen LogP contribution is -2.36. The number of benzene rings is 2. The number of hydrogen-bond acceptors (Lipinski definition) is 4. The number of methoxy groups -OCH3 is 1. The summed E-state index contributed by atoms with van der Waals surface area (Å²) in [4.78, 5) is 14.9. The summed E-state index contributed by atoms with van der Waals surface area (Å²) in [5.74, 6) is 0.596. The first-order valence-electron chi connectivity index (χ1n) is 8.62. The van der Waals surface area contributed by atoms with Gasteiger partial charge in [0, 0.05) is 24.7 Å². The number of morpholine rings is 1. The van der Waals surface area contributed by atoms with Gasteiger partial charge in [-0.05, 0) is 36.2 Å². The minimum absolute atomic E-state index is 0.120. The van der Waals surface area contributed by atoms with Crippen LogP contribution in [0.5, 0.6) is 5.75 Å². The quantitative estimate of drug-likeness (QED) is 0.907. The van der Waals surface area contributed by atoms with Gasteiger partial charge in [-0.3, -0.25) is 4.79 Å². The third kappa shape index (κ3) is 4.12. The molecule has 0 aliphatic carbocycles. The Bertz CT molecular complexity index is 722. The second kappa shape index (κ2) is 8.03. The van der Waals surface area contributed by atoms with Crippen LogP contribution in [0.4, 0.5) is 11.4 Å². The fraction of sp³-hybridized carbons (Fsp3) is 0.350. The van der Waals surface area contributed by atoms with Crippen molar-refractivity contribution in [2.75, 3.05) is 43.6 Å². The van der Waals surface area contributed by atoms with E-state index in [2.05, 4.69) is 17.1 Å². The Hall–Kier alpha value is -2.53. The number of nitrogens with one attached hydrogen (secondary N) is 1. The molecule has 132 valence electrons. The molecule has 1 aliphatic rings. The van der Waals surface area contributed by atoms with Gasteiger partial charge in [0.25, 0.3) is 5.91 Å². The number of carbonyl (C=O) groups is 1. The van der Waals surface area contributed by atoms with Gasteiger partial charge >= 0.3 is 0 Å². The summed E-state index contributed by atoms with van der Waals surface area (Å²) >= 11 is 0. The van der Waals surface area contributed by atoms with Gasteiger partial charge in [-0.25, -0.2) is 0 Å². The summed E-state index contributed by atoms with van der Waals surface area (Å²) in [6.45, 7) is 5.09. The zero-order valence-corrected chi connectivity index (χ0v) is 14.7. The van der Waals surface area contributed by atoms with Crippen LogP contribution in [0.3, 0.4) is 0 Å². The fourth-order valence-electron chi connectivity index (χ4n) is 2.91. The maximum absolute atomic E-state index is 12.7. The molecule has 3 rings (SSSR count). The van der Waals surface area contributed by atoms with Gasteiger partial charge in [-0.1, -0.05) is 19.1 Å². The maximum atomic E-state index is 12.7. The molecule has 1 N–H and O–H groups in total. The number of anilines is 2. The van der Waals surface area contributed by atoms with Crippen molar-refractivity contribution in [2.45, 2.75) is 13.3 Å². The summed E-state index contributed by atoms with van der Waals surface area (Å²) in [6, 6.07) is 13.5. The highest BCUT2D eigenvalue weighted by molar-refractivity contribution is 6.06. The maximum Gasteiger partial charge on any atom is 0.255 e. The molecular weight excluding hydrogens is 316 g/mol. The van der Waals surface area contributed by atoms with E-state index in [1.807, 2.05) is 42.5 Å². The van der Waals surface area contributed by atoms with E-state index in [0.717, 1.165) is 30.9 Å². The molecule has 1 saturated heterocycles. The molecular formula is C20H24N2O3. The highest BCUT2D eigenvalue weighted by Gasteiger charge is 2.17. The van der Waals surface area contributed by atoms with E-state index in [1.54, 1.807) is 7.11 Å². The molecule has 0 atom stereocenters. The van der Waals surface area contributed by atoms with Crippen molar-refractivity contribution in [3.8, 4) is 5.75 Å². The molecule has 0 saturated carbocycles. The number of ether oxygens (including phenoxy) is 2. The van der Waals surface area contributed by atoms with Crippen molar-refractivity contribution in [3.05, 3.63) is 53.6 Å². The van der Waals surface area contributed by atoms with Gasteiger partial charge in [0.05, 0.1) is 31.7 Å². The van der Waals surface area contributed by atoms with Crippen molar-refractivity contribution in [1.82, 2.24) is 0 Å². The lowest BCUT2D eigenvalue weighted by Gasteiger charge is -2.30. The van der Waals surface area contributed by atoms with Crippen molar-refractivity contribution in [2.24, 2.45) is 0 Å². The van der Waals surface area contributed by atoms with E-state index in [-0.39, 0.29) is 5.91 Å². The van der Waals surface area contributed by atoms with Crippen molar-refractivity contribution in [3.63, 3.8) is 0 Å². The average molecular weight is 340 g/mol. The summed E-state index contributed by atoms with van der Waals surface area (Å²) < 4.78 is 10.7. The molecule has 1 fully saturated rings. The van der Waals surface area contributed by atoms with Crippen LogP contribution in [-0.2, 0) is 11.2 Å². The molecule has 0 spiro atoms. The van der Waals surface area contributed by atoms with E-state index in [4.69, 9.17) is 9.47 Å². The van der Waals surface area contributed by atoms with E-state index >= 15 is 0 Å². The van der Waals surface area contributed by atoms with Crippen LogP contribution < -0.4 is 15.0 Å². The Kier molecular flexibility index (Phi) is 5.56. The van der Waals surface area contributed by atoms with Crippen LogP contribution in [0, 0.1) is 0 Å². The molecule has 1 aliphatic heterocycles. The molecule has 5 nitrogen and oxygen atoms in total. The molecule has 1 amide bonds. The zero-order chi connectivity index (χ0) is 17.6. The van der Waals surface area contributed by atoms with E-state index in [0.29, 0.717) is 24.5 Å². The van der Waals surface area contributed by atoms with E-state index in [9.17, 15) is 4.79 Å². The Morgan fingerprint density at radius 3 is 2.52 bits per heavy atom. The minimum Gasteiger partial charge on any atom is -0.497 e. The first-order chi connectivity index (χ1) is 12.2. The lowest BCUT2D eigenvalue weighted by atomic mass is 10.1. The number of carbonyl (C=O) groups excluding carboxylic acids is 1. The Labute approximate surface area is 148 Å². The number of hydrogen-bond donors (Lipinski definition) is 1. The largest absolute Gasteiger partial charge is 0.497 e. The molecule has 2 aromatic carbocycles. The molecule has 2 aromatic rings. The van der Waals surface area contributed by atoms with Crippen LogP contribution in [0.25, 0.3) is 0 Å². The summed E-state index contributed by atoms with van der Waals surface area (Å²) in [6.07, 6.45) is 0.957. The van der Waals surface area contributed by atoms with Crippen LogP contribution in [0.2, 0.25) is 0 Å². The normalized spacial score (nSPS) is 14.2. The van der Waals surface area contributed by atoms with Crippen molar-refractivity contribution < 1.29 is 14.3 Å². The van der Waals surface area contributed by atoms with Gasteiger partial charge in [-0.2, -0.15) is 0 Å². The molecule has 0 unspecified atom stereocenters. The van der Waals surface area contributed by atoms with Gasteiger partial charge in [0.2, 0.25) is 0 Å². The standard InChI is InChI=1S/C20H24N2O3/c1-3-15-4-6-16(7-5-15)20(23)21-18-14-17(24-2)8-9-19(18)22-10-12-25-13-11-22/h4-9,14H,3,10-13H2,1-2H3,(H,21,23). The first-order valence-corrected chi connectivity index (χ1v) is 8.62. The summed E-state index contributed by atoms with van der Waals surface area (Å²) in [5.41, 5.74) is 3.60. The number of amides is 1. The van der Waals surface area contributed by atoms with Crippen LogP contribution in [-0.4, -0.2) is 39.3 Å². The number of aryl methyl sites for hydroxylation is 1. The highest BCUT2D eigenvalue weighted by Crippen LogP contribution is 2.31. The summed E-state index contributed by atoms with van der Waals surface area (Å²) in [7, 11) is 1.62. The molecule has 0 bridgehead atoms. The molecule has 1 heterocycles. The average Bonchev–Trinajstić information content (AvgIpc) is 2.68. The van der Waals surface area contributed by atoms with Gasteiger partial charge in [0.1, 0.15) is 5.75 Å². The van der Waals surface area contributed by atoms with Gasteiger partial charge < -0.3 is 19.7 Å². The number of rotatable bonds is 5. The first kappa shape index (κ1) is 17.3. The Balaban J connectivity index is 1.84. The lowest BCUT2D eigenvalue weighted by molar-refractivity contribution is 0.102. The molecule has 5 heteroatoms. The van der Waals surface area contributed by atoms with Gasteiger partial charge in [0.15, 0.2) is 0 Å². The fourth-order valence-corrected chi connectivity index (χ4v) is 2.91. The molecule has 0 aromatic heterocycles. The third-order valence-corrected chi connectivity index (χ3v) is 4.43. The predicted octanol–water partition coefficient (Wildman–Crippen LogP) is 3.35. The number of nitrogens with zero attached hydrogens (tertiary/aromatic N) is 1. The van der Waals surface area contributed by atoms with E-state index in [1.165, 1.54) is 5.56 Å². The highest BCUT2D eigenvalue weighted by atomic mass is 16.5. The molecule has 25 heavy (non-hydrogen) atoms. The topological polar surface area (TPSA) is 50.8 Å². The van der Waals surface area contributed by atoms with Crippen molar-refractivity contribution >= 4 is 17.3 Å². The second-order valence-corrected chi connectivity index (χ2v) is 5.99. The zero-order valence-electron chi connectivity index (χ0n) is 14.7. The third-order valence-electron chi connectivity index (χ3n) is 4.43. The monoisotopic (exact) mass is 340 g/mol. The van der Waals surface area contributed by atoms with Crippen LogP contribution >= 0.6 is 0 Å². The Morgan fingerprint density at radius 2 is 1.88 bits per heavy atom. The summed E-state index contributed by atoms with van der Waals surface area (Å²) in [5, 5.41) is 3.03. The molecule has 0 radical (unpaired) electrons. The SMILES string of the molecule is CCc1ccc(C(=O)Nc2cc(OC)ccc2N2CCOCC2)cc1. The van der Waals surface area contributed by atoms with E-state index < -0.39 is 0 Å².